The van der Waals surface area contributed by atoms with Gasteiger partial charge in [-0.25, -0.2) is 0 Å². The molecule has 1 aromatic heterocycles. The Labute approximate surface area is 122 Å². The molecule has 1 aliphatic heterocycles. The lowest BCUT2D eigenvalue weighted by atomic mass is 9.99. The molecule has 0 radical (unpaired) electrons. The molecule has 0 saturated carbocycles. The van der Waals surface area contributed by atoms with Crippen LogP contribution < -0.4 is 4.74 Å². The maximum absolute atomic E-state index is 12.3. The highest BCUT2D eigenvalue weighted by Crippen LogP contribution is 2.24. The summed E-state index contributed by atoms with van der Waals surface area (Å²) in [6, 6.07) is 10.1. The number of carbonyl (C=O) groups excluding carboxylic acids is 1. The number of hydrogen-bond acceptors (Lipinski definition) is 3. The molecule has 2 heterocycles. The van der Waals surface area contributed by atoms with Crippen LogP contribution in [-0.2, 0) is 24.2 Å². The summed E-state index contributed by atoms with van der Waals surface area (Å²) in [7, 11) is 1.68. The molecule has 0 N–H and O–H groups in total. The van der Waals surface area contributed by atoms with E-state index in [1.165, 1.54) is 11.1 Å². The van der Waals surface area contributed by atoms with Gasteiger partial charge in [0.05, 0.1) is 13.5 Å². The minimum absolute atomic E-state index is 0.217. The molecule has 20 heavy (non-hydrogen) atoms. The van der Waals surface area contributed by atoms with E-state index in [1.54, 1.807) is 18.4 Å². The van der Waals surface area contributed by atoms with Crippen molar-refractivity contribution in [2.45, 2.75) is 19.4 Å². The summed E-state index contributed by atoms with van der Waals surface area (Å²) >= 11 is 1.64. The number of methoxy groups -OCH3 is 1. The molecule has 0 aliphatic carbocycles. The molecular weight excluding hydrogens is 270 g/mol. The van der Waals surface area contributed by atoms with Crippen LogP contribution in [0.3, 0.4) is 0 Å². The quantitative estimate of drug-likeness (QED) is 0.868. The predicted molar refractivity (Wildman–Crippen MR) is 80.1 cm³/mol. The second-order valence-corrected chi connectivity index (χ2v) is 5.99. The van der Waals surface area contributed by atoms with Crippen LogP contribution in [0.1, 0.15) is 16.0 Å². The lowest BCUT2D eigenvalue weighted by molar-refractivity contribution is -0.131. The number of carbonyl (C=O) groups is 1. The maximum Gasteiger partial charge on any atom is 0.228 e. The van der Waals surface area contributed by atoms with Crippen LogP contribution in [0.25, 0.3) is 0 Å². The fraction of sp³-hybridized carbons (Fsp3) is 0.312. The minimum atomic E-state index is 0.217. The normalized spacial score (nSPS) is 13.9. The minimum Gasteiger partial charge on any atom is -0.497 e. The van der Waals surface area contributed by atoms with Crippen molar-refractivity contribution >= 4 is 17.2 Å². The van der Waals surface area contributed by atoms with E-state index in [2.05, 4.69) is 12.1 Å². The molecule has 0 bridgehead atoms. The van der Waals surface area contributed by atoms with Crippen molar-refractivity contribution in [2.24, 2.45) is 0 Å². The summed E-state index contributed by atoms with van der Waals surface area (Å²) in [5.74, 6) is 1.11. The van der Waals surface area contributed by atoms with Crippen LogP contribution in [-0.4, -0.2) is 24.5 Å². The first kappa shape index (κ1) is 13.2. The van der Waals surface area contributed by atoms with E-state index < -0.39 is 0 Å². The van der Waals surface area contributed by atoms with Gasteiger partial charge in [0.1, 0.15) is 5.75 Å². The number of hydrogen-bond donors (Lipinski definition) is 0. The van der Waals surface area contributed by atoms with Crippen LogP contribution >= 0.6 is 11.3 Å². The smallest absolute Gasteiger partial charge is 0.228 e. The number of amides is 1. The summed E-state index contributed by atoms with van der Waals surface area (Å²) in [6.07, 6.45) is 1.42. The Morgan fingerprint density at radius 1 is 1.35 bits per heavy atom. The van der Waals surface area contributed by atoms with Crippen LogP contribution in [0.2, 0.25) is 0 Å². The molecule has 4 heteroatoms. The van der Waals surface area contributed by atoms with E-state index >= 15 is 0 Å². The van der Waals surface area contributed by atoms with Gasteiger partial charge in [0, 0.05) is 18.0 Å². The third kappa shape index (κ3) is 2.70. The van der Waals surface area contributed by atoms with Crippen molar-refractivity contribution in [3.05, 3.63) is 51.7 Å². The van der Waals surface area contributed by atoms with Crippen LogP contribution in [0, 0.1) is 0 Å². The van der Waals surface area contributed by atoms with Crippen molar-refractivity contribution in [1.82, 2.24) is 4.90 Å². The molecule has 1 amide bonds. The average Bonchev–Trinajstić information content (AvgIpc) is 2.99. The average molecular weight is 287 g/mol. The molecule has 104 valence electrons. The summed E-state index contributed by atoms with van der Waals surface area (Å²) in [4.78, 5) is 15.4. The highest BCUT2D eigenvalue weighted by Gasteiger charge is 2.21. The standard InChI is InChI=1S/C16H17NO2S/c1-19-14-5-4-13-11-17(7-6-12(13)9-14)16(18)10-15-3-2-8-20-15/h2-5,8-9H,6-7,10-11H2,1H3. The number of nitrogens with zero attached hydrogens (tertiary/aromatic N) is 1. The first-order valence-corrected chi connectivity index (χ1v) is 7.60. The Morgan fingerprint density at radius 2 is 2.25 bits per heavy atom. The Hall–Kier alpha value is -1.81. The van der Waals surface area contributed by atoms with E-state index in [1.807, 2.05) is 28.5 Å². The van der Waals surface area contributed by atoms with Gasteiger partial charge >= 0.3 is 0 Å². The Bertz CT molecular complexity index is 607. The Morgan fingerprint density at radius 3 is 3.00 bits per heavy atom. The molecule has 0 fully saturated rings. The summed E-state index contributed by atoms with van der Waals surface area (Å²) in [6.45, 7) is 1.51. The van der Waals surface area contributed by atoms with Gasteiger partial charge in [-0.2, -0.15) is 0 Å². The summed E-state index contributed by atoms with van der Waals surface area (Å²) in [5, 5.41) is 2.01. The van der Waals surface area contributed by atoms with Gasteiger partial charge in [-0.05, 0) is 41.1 Å². The first-order valence-electron chi connectivity index (χ1n) is 6.72. The molecule has 0 spiro atoms. The zero-order valence-corrected chi connectivity index (χ0v) is 12.3. The summed E-state index contributed by atoms with van der Waals surface area (Å²) < 4.78 is 5.25. The highest BCUT2D eigenvalue weighted by atomic mass is 32.1. The van der Waals surface area contributed by atoms with E-state index in [9.17, 15) is 4.79 Å². The molecule has 0 saturated heterocycles. The molecule has 0 atom stereocenters. The molecule has 1 aromatic carbocycles. The molecule has 2 aromatic rings. The third-order valence-corrected chi connectivity index (χ3v) is 4.56. The molecule has 3 nitrogen and oxygen atoms in total. The Balaban J connectivity index is 1.70. The van der Waals surface area contributed by atoms with Gasteiger partial charge in [0.25, 0.3) is 0 Å². The third-order valence-electron chi connectivity index (χ3n) is 3.68. The number of rotatable bonds is 3. The van der Waals surface area contributed by atoms with E-state index in [4.69, 9.17) is 4.74 Å². The zero-order valence-electron chi connectivity index (χ0n) is 11.5. The van der Waals surface area contributed by atoms with Gasteiger partial charge < -0.3 is 9.64 Å². The number of ether oxygens (including phenoxy) is 1. The topological polar surface area (TPSA) is 29.5 Å². The molecular formula is C16H17NO2S. The molecule has 3 rings (SSSR count). The number of fused-ring (bicyclic) bond motifs is 1. The number of benzene rings is 1. The van der Waals surface area contributed by atoms with E-state index in [0.29, 0.717) is 13.0 Å². The van der Waals surface area contributed by atoms with Crippen LogP contribution in [0.5, 0.6) is 5.75 Å². The highest BCUT2D eigenvalue weighted by molar-refractivity contribution is 7.10. The van der Waals surface area contributed by atoms with Gasteiger partial charge in [0.2, 0.25) is 5.91 Å². The van der Waals surface area contributed by atoms with Crippen molar-refractivity contribution in [3.63, 3.8) is 0 Å². The van der Waals surface area contributed by atoms with E-state index in [0.717, 1.165) is 23.6 Å². The second kappa shape index (κ2) is 5.67. The van der Waals surface area contributed by atoms with E-state index in [-0.39, 0.29) is 5.91 Å². The van der Waals surface area contributed by atoms with Crippen LogP contribution in [0.4, 0.5) is 0 Å². The van der Waals surface area contributed by atoms with Crippen molar-refractivity contribution in [3.8, 4) is 5.75 Å². The molecule has 0 unspecified atom stereocenters. The lowest BCUT2D eigenvalue weighted by Gasteiger charge is -2.29. The zero-order chi connectivity index (χ0) is 13.9. The molecule has 1 aliphatic rings. The fourth-order valence-corrected chi connectivity index (χ4v) is 3.24. The lowest BCUT2D eigenvalue weighted by Crippen LogP contribution is -2.36. The fourth-order valence-electron chi connectivity index (χ4n) is 2.54. The Kier molecular flexibility index (Phi) is 3.74. The van der Waals surface area contributed by atoms with Crippen molar-refractivity contribution in [2.75, 3.05) is 13.7 Å². The predicted octanol–water partition coefficient (Wildman–Crippen LogP) is 2.88. The largest absolute Gasteiger partial charge is 0.497 e. The van der Waals surface area contributed by atoms with Gasteiger partial charge in [-0.15, -0.1) is 11.3 Å². The van der Waals surface area contributed by atoms with Crippen molar-refractivity contribution < 1.29 is 9.53 Å². The maximum atomic E-state index is 12.3. The van der Waals surface area contributed by atoms with Gasteiger partial charge in [-0.3, -0.25) is 4.79 Å². The van der Waals surface area contributed by atoms with Gasteiger partial charge in [-0.1, -0.05) is 12.1 Å². The SMILES string of the molecule is COc1ccc2c(c1)CCN(C(=O)Cc1cccs1)C2. The van der Waals surface area contributed by atoms with Crippen LogP contribution in [0.15, 0.2) is 35.7 Å². The first-order chi connectivity index (χ1) is 9.76. The van der Waals surface area contributed by atoms with Crippen molar-refractivity contribution in [1.29, 1.82) is 0 Å². The second-order valence-electron chi connectivity index (χ2n) is 4.96. The van der Waals surface area contributed by atoms with Gasteiger partial charge in [0.15, 0.2) is 0 Å². The monoisotopic (exact) mass is 287 g/mol. The summed E-state index contributed by atoms with van der Waals surface area (Å²) in [5.41, 5.74) is 2.53. The number of thiophene rings is 1.